The Kier molecular flexibility index (Phi) is 4.20. The molecule has 1 atom stereocenters. The summed E-state index contributed by atoms with van der Waals surface area (Å²) in [5.74, 6) is 0.853. The lowest BCUT2D eigenvalue weighted by atomic mass is 10.1. The van der Waals surface area contributed by atoms with E-state index in [1.807, 2.05) is 7.05 Å². The minimum atomic E-state index is 0.558. The molecule has 3 nitrogen and oxygen atoms in total. The summed E-state index contributed by atoms with van der Waals surface area (Å²) in [6.07, 6.45) is 2.57. The molecule has 1 aliphatic rings. The van der Waals surface area contributed by atoms with Crippen molar-refractivity contribution >= 4 is 0 Å². The van der Waals surface area contributed by atoms with Crippen molar-refractivity contribution < 1.29 is 0 Å². The SMILES string of the molecule is CN(CC#N)CCC1CCN(C)C1. The normalized spacial score (nSPS) is 23.7. The minimum absolute atomic E-state index is 0.558. The molecule has 0 amide bonds. The summed E-state index contributed by atoms with van der Waals surface area (Å²) < 4.78 is 0. The Morgan fingerprint density at radius 1 is 1.62 bits per heavy atom. The number of hydrogen-bond acceptors (Lipinski definition) is 3. The molecule has 74 valence electrons. The van der Waals surface area contributed by atoms with E-state index in [1.165, 1.54) is 25.9 Å². The topological polar surface area (TPSA) is 30.3 Å². The molecule has 1 saturated heterocycles. The van der Waals surface area contributed by atoms with Crippen molar-refractivity contribution in [2.75, 3.05) is 40.3 Å². The maximum atomic E-state index is 8.47. The molecule has 3 heteroatoms. The van der Waals surface area contributed by atoms with Crippen LogP contribution in [0.2, 0.25) is 0 Å². The van der Waals surface area contributed by atoms with Crippen molar-refractivity contribution in [2.24, 2.45) is 5.92 Å². The number of hydrogen-bond donors (Lipinski definition) is 0. The van der Waals surface area contributed by atoms with Crippen LogP contribution in [0, 0.1) is 17.2 Å². The largest absolute Gasteiger partial charge is 0.306 e. The summed E-state index contributed by atoms with van der Waals surface area (Å²) in [5.41, 5.74) is 0. The maximum Gasteiger partial charge on any atom is 0.0863 e. The molecule has 1 unspecified atom stereocenters. The Labute approximate surface area is 80.9 Å². The standard InChI is InChI=1S/C10H19N3/c1-12(8-5-11)6-3-10-4-7-13(2)9-10/h10H,3-4,6-9H2,1-2H3. The van der Waals surface area contributed by atoms with Gasteiger partial charge in [-0.2, -0.15) is 5.26 Å². The molecule has 13 heavy (non-hydrogen) atoms. The lowest BCUT2D eigenvalue weighted by Crippen LogP contribution is -2.23. The molecule has 1 rings (SSSR count). The number of likely N-dealkylation sites (tertiary alicyclic amines) is 1. The van der Waals surface area contributed by atoms with Crippen molar-refractivity contribution in [2.45, 2.75) is 12.8 Å². The third-order valence-corrected chi connectivity index (χ3v) is 2.75. The number of rotatable bonds is 4. The van der Waals surface area contributed by atoms with Crippen LogP contribution in [0.4, 0.5) is 0 Å². The van der Waals surface area contributed by atoms with Gasteiger partial charge in [0.2, 0.25) is 0 Å². The van der Waals surface area contributed by atoms with Crippen LogP contribution >= 0.6 is 0 Å². The first-order valence-electron chi connectivity index (χ1n) is 4.96. The lowest BCUT2D eigenvalue weighted by Gasteiger charge is -2.15. The second-order valence-electron chi connectivity index (χ2n) is 4.10. The first-order valence-corrected chi connectivity index (χ1v) is 4.96. The van der Waals surface area contributed by atoms with E-state index in [9.17, 15) is 0 Å². The lowest BCUT2D eigenvalue weighted by molar-refractivity contribution is 0.321. The molecule has 0 N–H and O–H groups in total. The van der Waals surface area contributed by atoms with Crippen LogP contribution in [-0.4, -0.2) is 50.1 Å². The van der Waals surface area contributed by atoms with Gasteiger partial charge < -0.3 is 4.90 Å². The Bertz CT molecular complexity index is 185. The fourth-order valence-corrected chi connectivity index (χ4v) is 1.86. The van der Waals surface area contributed by atoms with Crippen LogP contribution in [0.3, 0.4) is 0 Å². The average molecular weight is 181 g/mol. The third kappa shape index (κ3) is 3.75. The monoisotopic (exact) mass is 181 g/mol. The number of nitrogens with zero attached hydrogens (tertiary/aromatic N) is 3. The van der Waals surface area contributed by atoms with Crippen LogP contribution in [0.15, 0.2) is 0 Å². The van der Waals surface area contributed by atoms with E-state index in [-0.39, 0.29) is 0 Å². The summed E-state index contributed by atoms with van der Waals surface area (Å²) in [6, 6.07) is 2.17. The first-order chi connectivity index (χ1) is 6.22. The van der Waals surface area contributed by atoms with Crippen LogP contribution in [0.1, 0.15) is 12.8 Å². The van der Waals surface area contributed by atoms with Gasteiger partial charge in [0, 0.05) is 6.54 Å². The molecule has 0 bridgehead atoms. The predicted molar refractivity (Wildman–Crippen MR) is 53.3 cm³/mol. The molecule has 0 saturated carbocycles. The zero-order valence-corrected chi connectivity index (χ0v) is 8.66. The van der Waals surface area contributed by atoms with Crippen molar-refractivity contribution in [3.05, 3.63) is 0 Å². The summed E-state index contributed by atoms with van der Waals surface area (Å²) in [4.78, 5) is 4.48. The Morgan fingerprint density at radius 3 is 2.92 bits per heavy atom. The van der Waals surface area contributed by atoms with Gasteiger partial charge in [-0.15, -0.1) is 0 Å². The zero-order valence-electron chi connectivity index (χ0n) is 8.66. The smallest absolute Gasteiger partial charge is 0.0863 e. The van der Waals surface area contributed by atoms with E-state index in [4.69, 9.17) is 5.26 Å². The van der Waals surface area contributed by atoms with Crippen molar-refractivity contribution in [3.63, 3.8) is 0 Å². The summed E-state index contributed by atoms with van der Waals surface area (Å²) >= 11 is 0. The second kappa shape index (κ2) is 5.21. The van der Waals surface area contributed by atoms with Gasteiger partial charge in [0.15, 0.2) is 0 Å². The van der Waals surface area contributed by atoms with E-state index < -0.39 is 0 Å². The molecule has 0 aromatic carbocycles. The van der Waals surface area contributed by atoms with E-state index in [1.54, 1.807) is 0 Å². The maximum absolute atomic E-state index is 8.47. The van der Waals surface area contributed by atoms with Crippen molar-refractivity contribution in [1.82, 2.24) is 9.80 Å². The third-order valence-electron chi connectivity index (χ3n) is 2.75. The Morgan fingerprint density at radius 2 is 2.38 bits per heavy atom. The first kappa shape index (κ1) is 10.5. The van der Waals surface area contributed by atoms with E-state index in [0.29, 0.717) is 6.54 Å². The van der Waals surface area contributed by atoms with Gasteiger partial charge >= 0.3 is 0 Å². The van der Waals surface area contributed by atoms with Crippen molar-refractivity contribution in [3.8, 4) is 6.07 Å². The Balaban J connectivity index is 2.09. The average Bonchev–Trinajstić information content (AvgIpc) is 2.49. The molecule has 0 spiro atoms. The van der Waals surface area contributed by atoms with Gasteiger partial charge in [0.25, 0.3) is 0 Å². The molecule has 0 radical (unpaired) electrons. The fraction of sp³-hybridized carbons (Fsp3) is 0.900. The molecule has 0 aromatic rings. The predicted octanol–water partition coefficient (Wildman–Crippen LogP) is 0.784. The van der Waals surface area contributed by atoms with Crippen molar-refractivity contribution in [1.29, 1.82) is 5.26 Å². The Hall–Kier alpha value is -0.590. The van der Waals surface area contributed by atoms with Crippen LogP contribution in [0.5, 0.6) is 0 Å². The van der Waals surface area contributed by atoms with Gasteiger partial charge in [-0.25, -0.2) is 0 Å². The van der Waals surface area contributed by atoms with Gasteiger partial charge in [0.05, 0.1) is 12.6 Å². The van der Waals surface area contributed by atoms with Gasteiger partial charge in [0.1, 0.15) is 0 Å². The van der Waals surface area contributed by atoms with Crippen LogP contribution in [-0.2, 0) is 0 Å². The number of nitriles is 1. The minimum Gasteiger partial charge on any atom is -0.306 e. The van der Waals surface area contributed by atoms with Gasteiger partial charge in [-0.1, -0.05) is 0 Å². The highest BCUT2D eigenvalue weighted by atomic mass is 15.1. The molecule has 0 aromatic heterocycles. The molecule has 0 aliphatic carbocycles. The highest BCUT2D eigenvalue weighted by Crippen LogP contribution is 2.17. The summed E-state index contributed by atoms with van der Waals surface area (Å²) in [7, 11) is 4.20. The van der Waals surface area contributed by atoms with Crippen LogP contribution < -0.4 is 0 Å². The fourth-order valence-electron chi connectivity index (χ4n) is 1.86. The quantitative estimate of drug-likeness (QED) is 0.600. The molecule has 1 fully saturated rings. The zero-order chi connectivity index (χ0) is 9.68. The molecule has 1 heterocycles. The second-order valence-corrected chi connectivity index (χ2v) is 4.10. The van der Waals surface area contributed by atoms with E-state index in [2.05, 4.69) is 22.9 Å². The summed E-state index contributed by atoms with van der Waals surface area (Å²) in [6.45, 7) is 4.10. The van der Waals surface area contributed by atoms with Crippen LogP contribution in [0.25, 0.3) is 0 Å². The summed E-state index contributed by atoms with van der Waals surface area (Å²) in [5, 5.41) is 8.47. The molecular formula is C10H19N3. The highest BCUT2D eigenvalue weighted by molar-refractivity contribution is 4.77. The van der Waals surface area contributed by atoms with E-state index in [0.717, 1.165) is 12.5 Å². The molecular weight excluding hydrogens is 162 g/mol. The van der Waals surface area contributed by atoms with Gasteiger partial charge in [-0.3, -0.25) is 4.90 Å². The van der Waals surface area contributed by atoms with Gasteiger partial charge in [-0.05, 0) is 45.9 Å². The molecule has 1 aliphatic heterocycles. The highest BCUT2D eigenvalue weighted by Gasteiger charge is 2.19. The van der Waals surface area contributed by atoms with E-state index >= 15 is 0 Å².